The molecule has 3 aromatic carbocycles. The lowest BCUT2D eigenvalue weighted by Crippen LogP contribution is -2.11. The molecule has 0 saturated heterocycles. The second-order valence-corrected chi connectivity index (χ2v) is 8.90. The highest BCUT2D eigenvalue weighted by molar-refractivity contribution is 6.03. The largest absolute Gasteiger partial charge is 0.451 e. The van der Waals surface area contributed by atoms with Crippen molar-refractivity contribution >= 4 is 22.7 Å². The van der Waals surface area contributed by atoms with Crippen LogP contribution in [-0.2, 0) is 0 Å². The minimum atomic E-state index is -0.306. The van der Waals surface area contributed by atoms with Gasteiger partial charge in [0.2, 0.25) is 5.89 Å². The minimum Gasteiger partial charge on any atom is -0.451 e. The van der Waals surface area contributed by atoms with Crippen LogP contribution >= 0.6 is 0 Å². The van der Waals surface area contributed by atoms with Crippen LogP contribution in [0.3, 0.4) is 0 Å². The highest BCUT2D eigenvalue weighted by Crippen LogP contribution is 2.31. The van der Waals surface area contributed by atoms with Crippen molar-refractivity contribution in [3.05, 3.63) is 94.2 Å². The summed E-state index contributed by atoms with van der Waals surface area (Å²) in [6.45, 7) is 10.1. The number of carbonyl (C=O) groups excluding carboxylic acids is 1. The molecule has 0 aliphatic heterocycles. The van der Waals surface area contributed by atoms with Crippen molar-refractivity contribution in [1.82, 2.24) is 4.98 Å². The highest BCUT2D eigenvalue weighted by Gasteiger charge is 2.16. The molecule has 0 aliphatic carbocycles. The van der Waals surface area contributed by atoms with Crippen molar-refractivity contribution in [2.45, 2.75) is 34.6 Å². The zero-order valence-corrected chi connectivity index (χ0v) is 19.9. The first kappa shape index (κ1) is 21.7. The molecule has 0 radical (unpaired) electrons. The third kappa shape index (κ3) is 4.01. The van der Waals surface area contributed by atoms with Gasteiger partial charge in [-0.25, -0.2) is 4.98 Å². The van der Waals surface area contributed by atoms with Crippen LogP contribution in [0.15, 0.2) is 69.5 Å². The van der Waals surface area contributed by atoms with Gasteiger partial charge in [-0.3, -0.25) is 4.79 Å². The van der Waals surface area contributed by atoms with E-state index in [0.29, 0.717) is 17.3 Å². The molecule has 5 nitrogen and oxygen atoms in total. The Morgan fingerprint density at radius 1 is 0.735 bits per heavy atom. The minimum absolute atomic E-state index is 0.256. The third-order valence-corrected chi connectivity index (χ3v) is 6.17. The molecule has 0 spiro atoms. The molecule has 0 fully saturated rings. The summed E-state index contributed by atoms with van der Waals surface area (Å²) in [5.74, 6) is 1.13. The predicted molar refractivity (Wildman–Crippen MR) is 135 cm³/mol. The Kier molecular flexibility index (Phi) is 5.33. The summed E-state index contributed by atoms with van der Waals surface area (Å²) in [6, 6.07) is 19.5. The van der Waals surface area contributed by atoms with E-state index in [1.165, 1.54) is 11.1 Å². The predicted octanol–water partition coefficient (Wildman–Crippen LogP) is 7.55. The molecule has 0 bridgehead atoms. The summed E-state index contributed by atoms with van der Waals surface area (Å²) < 4.78 is 11.9. The second-order valence-electron chi connectivity index (χ2n) is 8.90. The lowest BCUT2D eigenvalue weighted by molar-refractivity contribution is 0.0997. The van der Waals surface area contributed by atoms with Gasteiger partial charge in [-0.1, -0.05) is 24.3 Å². The van der Waals surface area contributed by atoms with Crippen LogP contribution in [0, 0.1) is 34.6 Å². The van der Waals surface area contributed by atoms with Gasteiger partial charge in [0.25, 0.3) is 5.91 Å². The van der Waals surface area contributed by atoms with E-state index in [0.717, 1.165) is 38.9 Å². The van der Waals surface area contributed by atoms with E-state index >= 15 is 0 Å². The number of hydrogen-bond acceptors (Lipinski definition) is 4. The van der Waals surface area contributed by atoms with Gasteiger partial charge in [-0.15, -0.1) is 0 Å². The van der Waals surface area contributed by atoms with E-state index in [2.05, 4.69) is 42.3 Å². The van der Waals surface area contributed by atoms with Crippen LogP contribution < -0.4 is 5.32 Å². The van der Waals surface area contributed by atoms with E-state index in [1.54, 1.807) is 6.07 Å². The lowest BCUT2D eigenvalue weighted by Gasteiger charge is -2.08. The van der Waals surface area contributed by atoms with E-state index in [1.807, 2.05) is 57.2 Å². The standard InChI is InChI=1S/C29H26N2O3/c1-16-12-20(5)27-24(13-16)31-29(34-27)22-9-7-18(3)23(15-22)30-28(32)26-11-10-25(33-26)21-8-6-17(2)19(4)14-21/h6-15H,1-5H3,(H,30,32). The fourth-order valence-electron chi connectivity index (χ4n) is 4.08. The van der Waals surface area contributed by atoms with Gasteiger partial charge in [-0.05, 0) is 98.8 Å². The first-order valence-corrected chi connectivity index (χ1v) is 11.3. The van der Waals surface area contributed by atoms with Crippen molar-refractivity contribution in [2.24, 2.45) is 0 Å². The van der Waals surface area contributed by atoms with E-state index in [9.17, 15) is 4.79 Å². The van der Waals surface area contributed by atoms with Crippen molar-refractivity contribution in [3.8, 4) is 22.8 Å². The van der Waals surface area contributed by atoms with Gasteiger partial charge in [0.1, 0.15) is 11.3 Å². The summed E-state index contributed by atoms with van der Waals surface area (Å²) in [5.41, 5.74) is 9.54. The third-order valence-electron chi connectivity index (χ3n) is 6.17. The summed E-state index contributed by atoms with van der Waals surface area (Å²) in [7, 11) is 0. The van der Waals surface area contributed by atoms with Gasteiger partial charge in [-0.2, -0.15) is 0 Å². The number of aromatic nitrogens is 1. The number of nitrogens with zero attached hydrogens (tertiary/aromatic N) is 1. The van der Waals surface area contributed by atoms with Crippen molar-refractivity contribution in [3.63, 3.8) is 0 Å². The van der Waals surface area contributed by atoms with Crippen LogP contribution in [0.5, 0.6) is 0 Å². The Hall–Kier alpha value is -4.12. The van der Waals surface area contributed by atoms with Crippen LogP contribution in [0.2, 0.25) is 0 Å². The molecule has 0 aliphatic rings. The van der Waals surface area contributed by atoms with Crippen LogP contribution in [0.4, 0.5) is 5.69 Å². The van der Waals surface area contributed by atoms with Crippen LogP contribution in [-0.4, -0.2) is 10.9 Å². The van der Waals surface area contributed by atoms with E-state index in [-0.39, 0.29) is 11.7 Å². The molecule has 0 unspecified atom stereocenters. The Balaban J connectivity index is 1.41. The first-order valence-electron chi connectivity index (χ1n) is 11.3. The van der Waals surface area contributed by atoms with Crippen LogP contribution in [0.1, 0.15) is 38.4 Å². The number of hydrogen-bond donors (Lipinski definition) is 1. The number of amides is 1. The van der Waals surface area contributed by atoms with Crippen molar-refractivity contribution in [1.29, 1.82) is 0 Å². The SMILES string of the molecule is Cc1cc(C)c2oc(-c3ccc(C)c(NC(=O)c4ccc(-c5ccc(C)c(C)c5)o4)c3)nc2c1. The lowest BCUT2D eigenvalue weighted by atomic mass is 10.1. The summed E-state index contributed by atoms with van der Waals surface area (Å²) >= 11 is 0. The number of oxazole rings is 1. The fraction of sp³-hybridized carbons (Fsp3) is 0.172. The van der Waals surface area contributed by atoms with Gasteiger partial charge in [0.15, 0.2) is 11.3 Å². The normalized spacial score (nSPS) is 11.2. The highest BCUT2D eigenvalue weighted by atomic mass is 16.4. The Morgan fingerprint density at radius 2 is 1.50 bits per heavy atom. The topological polar surface area (TPSA) is 68.3 Å². The van der Waals surface area contributed by atoms with Crippen molar-refractivity contribution < 1.29 is 13.6 Å². The first-order chi connectivity index (χ1) is 16.3. The Morgan fingerprint density at radius 3 is 2.29 bits per heavy atom. The van der Waals surface area contributed by atoms with Crippen molar-refractivity contribution in [2.75, 3.05) is 5.32 Å². The number of aryl methyl sites for hydroxylation is 5. The molecule has 1 N–H and O–H groups in total. The fourth-order valence-corrected chi connectivity index (χ4v) is 4.08. The smallest absolute Gasteiger partial charge is 0.291 e. The average molecular weight is 451 g/mol. The molecule has 5 aromatic rings. The number of nitrogens with one attached hydrogen (secondary N) is 1. The molecule has 2 aromatic heterocycles. The number of carbonyl (C=O) groups is 1. The molecular weight excluding hydrogens is 424 g/mol. The molecule has 170 valence electrons. The quantitative estimate of drug-likeness (QED) is 0.307. The maximum atomic E-state index is 13.0. The van der Waals surface area contributed by atoms with Crippen LogP contribution in [0.25, 0.3) is 33.9 Å². The number of benzene rings is 3. The van der Waals surface area contributed by atoms with Gasteiger partial charge >= 0.3 is 0 Å². The van der Waals surface area contributed by atoms with Gasteiger partial charge in [0, 0.05) is 16.8 Å². The monoisotopic (exact) mass is 450 g/mol. The Bertz CT molecular complexity index is 1560. The molecule has 5 rings (SSSR count). The van der Waals surface area contributed by atoms with E-state index in [4.69, 9.17) is 8.83 Å². The maximum Gasteiger partial charge on any atom is 0.291 e. The zero-order valence-electron chi connectivity index (χ0n) is 19.9. The molecule has 0 saturated carbocycles. The van der Waals surface area contributed by atoms with Gasteiger partial charge < -0.3 is 14.2 Å². The number of fused-ring (bicyclic) bond motifs is 1. The zero-order chi connectivity index (χ0) is 24.0. The number of rotatable bonds is 4. The number of anilines is 1. The Labute approximate surface area is 198 Å². The van der Waals surface area contributed by atoms with Gasteiger partial charge in [0.05, 0.1) is 0 Å². The number of furan rings is 1. The molecule has 0 atom stereocenters. The molecule has 1 amide bonds. The summed E-state index contributed by atoms with van der Waals surface area (Å²) in [5, 5.41) is 2.97. The summed E-state index contributed by atoms with van der Waals surface area (Å²) in [4.78, 5) is 17.6. The molecular formula is C29H26N2O3. The maximum absolute atomic E-state index is 13.0. The molecule has 2 heterocycles. The summed E-state index contributed by atoms with van der Waals surface area (Å²) in [6.07, 6.45) is 0. The molecule has 5 heteroatoms. The average Bonchev–Trinajstić information content (AvgIpc) is 3.45. The van der Waals surface area contributed by atoms with E-state index < -0.39 is 0 Å². The second kappa shape index (κ2) is 8.34. The molecule has 34 heavy (non-hydrogen) atoms.